The summed E-state index contributed by atoms with van der Waals surface area (Å²) in [5.41, 5.74) is 0.782. The van der Waals surface area contributed by atoms with Crippen molar-refractivity contribution in [2.45, 2.75) is 13.3 Å². The molecule has 1 aromatic rings. The summed E-state index contributed by atoms with van der Waals surface area (Å²) >= 11 is 0. The molecule has 2 heterocycles. The van der Waals surface area contributed by atoms with Crippen LogP contribution in [0, 0.1) is 12.8 Å². The van der Waals surface area contributed by atoms with Crippen molar-refractivity contribution in [2.75, 3.05) is 18.6 Å². The maximum atomic E-state index is 11.7. The number of aryl methyl sites for hydroxylation is 1. The Hall–Kier alpha value is -1.98. The number of hydrogen-bond donors (Lipinski definition) is 0. The quantitative estimate of drug-likeness (QED) is 0.690. The van der Waals surface area contributed by atoms with E-state index in [2.05, 4.69) is 14.7 Å². The van der Waals surface area contributed by atoms with Gasteiger partial charge < -0.3 is 4.74 Å². The van der Waals surface area contributed by atoms with Gasteiger partial charge in [0.05, 0.1) is 31.1 Å². The molecule has 1 aromatic heterocycles. The van der Waals surface area contributed by atoms with Gasteiger partial charge in [0, 0.05) is 13.0 Å². The summed E-state index contributed by atoms with van der Waals surface area (Å²) < 4.78 is 4.63. The Balaban J connectivity index is 2.15. The van der Waals surface area contributed by atoms with E-state index in [1.165, 1.54) is 18.2 Å². The Labute approximate surface area is 98.6 Å². The van der Waals surface area contributed by atoms with Gasteiger partial charge in [0.1, 0.15) is 0 Å². The van der Waals surface area contributed by atoms with Crippen LogP contribution in [0.25, 0.3) is 0 Å². The van der Waals surface area contributed by atoms with E-state index in [4.69, 9.17) is 0 Å². The molecule has 1 unspecified atom stereocenters. The zero-order chi connectivity index (χ0) is 12.4. The number of nitrogens with zero attached hydrogens (tertiary/aromatic N) is 3. The Morgan fingerprint density at radius 2 is 2.24 bits per heavy atom. The Kier molecular flexibility index (Phi) is 3.03. The van der Waals surface area contributed by atoms with Crippen molar-refractivity contribution in [1.82, 2.24) is 9.97 Å². The van der Waals surface area contributed by atoms with Crippen LogP contribution in [0.15, 0.2) is 12.4 Å². The molecule has 0 aliphatic carbocycles. The van der Waals surface area contributed by atoms with Crippen LogP contribution >= 0.6 is 0 Å². The first kappa shape index (κ1) is 11.5. The van der Waals surface area contributed by atoms with Crippen LogP contribution in [0.5, 0.6) is 0 Å². The summed E-state index contributed by atoms with van der Waals surface area (Å²) in [6.07, 6.45) is 3.29. The first-order valence-electron chi connectivity index (χ1n) is 5.28. The van der Waals surface area contributed by atoms with Gasteiger partial charge in [-0.25, -0.2) is 4.98 Å². The van der Waals surface area contributed by atoms with Gasteiger partial charge in [-0.15, -0.1) is 0 Å². The van der Waals surface area contributed by atoms with Crippen molar-refractivity contribution in [3.05, 3.63) is 18.1 Å². The molecule has 1 fully saturated rings. The molecule has 0 N–H and O–H groups in total. The van der Waals surface area contributed by atoms with Gasteiger partial charge >= 0.3 is 5.97 Å². The Bertz CT molecular complexity index is 444. The molecule has 0 saturated carbocycles. The molecule has 17 heavy (non-hydrogen) atoms. The lowest BCUT2D eigenvalue weighted by Gasteiger charge is -2.14. The van der Waals surface area contributed by atoms with Crippen molar-refractivity contribution in [3.63, 3.8) is 0 Å². The first-order valence-corrected chi connectivity index (χ1v) is 5.28. The van der Waals surface area contributed by atoms with Crippen molar-refractivity contribution >= 4 is 17.7 Å². The molecule has 90 valence electrons. The molecule has 0 radical (unpaired) electrons. The van der Waals surface area contributed by atoms with Crippen LogP contribution in [0.4, 0.5) is 5.82 Å². The standard InChI is InChI=1S/C11H13N3O3/c1-7-4-13-9(5-12-7)14-6-8(3-10(14)15)11(16)17-2/h4-5,8H,3,6H2,1-2H3. The number of anilines is 1. The molecule has 2 rings (SSSR count). The maximum Gasteiger partial charge on any atom is 0.311 e. The summed E-state index contributed by atoms with van der Waals surface area (Å²) in [5.74, 6) is -0.415. The molecule has 6 nitrogen and oxygen atoms in total. The number of rotatable bonds is 2. The van der Waals surface area contributed by atoms with E-state index >= 15 is 0 Å². The highest BCUT2D eigenvalue weighted by atomic mass is 16.5. The van der Waals surface area contributed by atoms with E-state index in [9.17, 15) is 9.59 Å². The number of esters is 1. The van der Waals surface area contributed by atoms with Crippen LogP contribution in [0.3, 0.4) is 0 Å². The summed E-state index contributed by atoms with van der Waals surface area (Å²) in [6.45, 7) is 2.13. The van der Waals surface area contributed by atoms with E-state index in [1.54, 1.807) is 6.20 Å². The number of aromatic nitrogens is 2. The summed E-state index contributed by atoms with van der Waals surface area (Å²) in [5, 5.41) is 0. The van der Waals surface area contributed by atoms with E-state index in [0.717, 1.165) is 5.69 Å². The van der Waals surface area contributed by atoms with Crippen molar-refractivity contribution < 1.29 is 14.3 Å². The summed E-state index contributed by atoms with van der Waals surface area (Å²) in [4.78, 5) is 32.8. The fourth-order valence-electron chi connectivity index (χ4n) is 1.78. The van der Waals surface area contributed by atoms with E-state index in [0.29, 0.717) is 12.4 Å². The van der Waals surface area contributed by atoms with Crippen molar-refractivity contribution in [3.8, 4) is 0 Å². The van der Waals surface area contributed by atoms with Gasteiger partial charge in [-0.2, -0.15) is 0 Å². The minimum Gasteiger partial charge on any atom is -0.469 e. The SMILES string of the molecule is COC(=O)C1CC(=O)N(c2cnc(C)cn2)C1. The lowest BCUT2D eigenvalue weighted by molar-refractivity contribution is -0.145. The molecule has 1 amide bonds. The highest BCUT2D eigenvalue weighted by molar-refractivity contribution is 5.98. The molecular formula is C11H13N3O3. The average Bonchev–Trinajstić information content (AvgIpc) is 2.71. The molecule has 1 saturated heterocycles. The minimum atomic E-state index is -0.407. The van der Waals surface area contributed by atoms with Gasteiger partial charge in [-0.3, -0.25) is 19.5 Å². The predicted octanol–water partition coefficient (Wildman–Crippen LogP) is 0.311. The van der Waals surface area contributed by atoms with Crippen LogP contribution in [0.2, 0.25) is 0 Å². The van der Waals surface area contributed by atoms with Gasteiger partial charge in [0.2, 0.25) is 5.91 Å². The van der Waals surface area contributed by atoms with Crippen LogP contribution in [-0.4, -0.2) is 35.5 Å². The molecule has 1 aliphatic rings. The predicted molar refractivity (Wildman–Crippen MR) is 59.2 cm³/mol. The van der Waals surface area contributed by atoms with E-state index in [1.807, 2.05) is 6.92 Å². The van der Waals surface area contributed by atoms with Gasteiger partial charge in [0.25, 0.3) is 0 Å². The molecular weight excluding hydrogens is 222 g/mol. The second-order valence-corrected chi connectivity index (χ2v) is 3.94. The monoisotopic (exact) mass is 235 g/mol. The number of hydrogen-bond acceptors (Lipinski definition) is 5. The number of methoxy groups -OCH3 is 1. The van der Waals surface area contributed by atoms with Crippen molar-refractivity contribution in [2.24, 2.45) is 5.92 Å². The molecule has 1 aliphatic heterocycles. The largest absolute Gasteiger partial charge is 0.469 e. The lowest BCUT2D eigenvalue weighted by atomic mass is 10.1. The van der Waals surface area contributed by atoms with Gasteiger partial charge in [-0.1, -0.05) is 0 Å². The zero-order valence-electron chi connectivity index (χ0n) is 9.71. The zero-order valence-corrected chi connectivity index (χ0v) is 9.71. The summed E-state index contributed by atoms with van der Waals surface area (Å²) in [7, 11) is 1.32. The Morgan fingerprint density at radius 3 is 2.82 bits per heavy atom. The minimum absolute atomic E-state index is 0.126. The number of carbonyl (C=O) groups excluding carboxylic acids is 2. The van der Waals surface area contributed by atoms with Crippen LogP contribution < -0.4 is 4.90 Å². The molecule has 1 atom stereocenters. The van der Waals surface area contributed by atoms with Gasteiger partial charge in [-0.05, 0) is 6.92 Å². The fourth-order valence-corrected chi connectivity index (χ4v) is 1.78. The molecule has 0 bridgehead atoms. The van der Waals surface area contributed by atoms with E-state index < -0.39 is 5.92 Å². The summed E-state index contributed by atoms with van der Waals surface area (Å²) in [6, 6.07) is 0. The molecule has 0 aromatic carbocycles. The maximum absolute atomic E-state index is 11.7. The number of ether oxygens (including phenoxy) is 1. The number of carbonyl (C=O) groups is 2. The molecule has 0 spiro atoms. The Morgan fingerprint density at radius 1 is 1.47 bits per heavy atom. The normalized spacial score (nSPS) is 19.5. The van der Waals surface area contributed by atoms with Gasteiger partial charge in [0.15, 0.2) is 5.82 Å². The van der Waals surface area contributed by atoms with Crippen LogP contribution in [0.1, 0.15) is 12.1 Å². The fraction of sp³-hybridized carbons (Fsp3) is 0.455. The van der Waals surface area contributed by atoms with E-state index in [-0.39, 0.29) is 18.3 Å². The first-order chi connectivity index (χ1) is 8.11. The highest BCUT2D eigenvalue weighted by Crippen LogP contribution is 2.23. The topological polar surface area (TPSA) is 72.4 Å². The molecule has 6 heteroatoms. The second kappa shape index (κ2) is 4.48. The van der Waals surface area contributed by atoms with Crippen molar-refractivity contribution in [1.29, 1.82) is 0 Å². The third-order valence-electron chi connectivity index (χ3n) is 2.70. The third kappa shape index (κ3) is 2.25. The smallest absolute Gasteiger partial charge is 0.311 e. The lowest BCUT2D eigenvalue weighted by Crippen LogP contribution is -2.27. The third-order valence-corrected chi connectivity index (χ3v) is 2.70. The highest BCUT2D eigenvalue weighted by Gasteiger charge is 2.36. The second-order valence-electron chi connectivity index (χ2n) is 3.94. The average molecular weight is 235 g/mol. The van der Waals surface area contributed by atoms with Crippen LogP contribution in [-0.2, 0) is 14.3 Å². The number of amides is 1.